The highest BCUT2D eigenvalue weighted by molar-refractivity contribution is 5.87. The van der Waals surface area contributed by atoms with Crippen molar-refractivity contribution < 1.29 is 24.2 Å². The normalized spacial score (nSPS) is 11.5. The summed E-state index contributed by atoms with van der Waals surface area (Å²) in [5, 5.41) is 11.7. The van der Waals surface area contributed by atoms with Crippen molar-refractivity contribution in [1.29, 1.82) is 0 Å². The molecule has 0 saturated carbocycles. The molecule has 2 N–H and O–H groups in total. The van der Waals surface area contributed by atoms with Gasteiger partial charge in [-0.25, -0.2) is 4.79 Å². The number of aryl methyl sites for hydroxylation is 1. The van der Waals surface area contributed by atoms with E-state index in [0.29, 0.717) is 30.9 Å². The van der Waals surface area contributed by atoms with Crippen LogP contribution in [0.15, 0.2) is 48.5 Å². The minimum atomic E-state index is -0.960. The molecule has 0 aliphatic heterocycles. The summed E-state index contributed by atoms with van der Waals surface area (Å²) in [7, 11) is 1.58. The Morgan fingerprint density at radius 3 is 2.35 bits per heavy atom. The molecule has 0 saturated heterocycles. The molecular formula is C20H23NO5. The molecule has 2 aromatic rings. The molecule has 0 fully saturated rings. The van der Waals surface area contributed by atoms with Crippen LogP contribution in [0.4, 0.5) is 0 Å². The van der Waals surface area contributed by atoms with E-state index in [9.17, 15) is 9.59 Å². The van der Waals surface area contributed by atoms with Gasteiger partial charge >= 0.3 is 5.97 Å². The fourth-order valence-electron chi connectivity index (χ4n) is 2.39. The Morgan fingerprint density at radius 2 is 1.73 bits per heavy atom. The molecular weight excluding hydrogens is 334 g/mol. The van der Waals surface area contributed by atoms with Crippen LogP contribution in [0.2, 0.25) is 0 Å². The first-order valence-electron chi connectivity index (χ1n) is 8.38. The van der Waals surface area contributed by atoms with Gasteiger partial charge in [0, 0.05) is 6.42 Å². The Hall–Kier alpha value is -3.02. The van der Waals surface area contributed by atoms with Crippen LogP contribution in [-0.2, 0) is 11.2 Å². The first-order chi connectivity index (χ1) is 12.5. The molecule has 1 unspecified atom stereocenters. The first-order valence-corrected chi connectivity index (χ1v) is 8.38. The van der Waals surface area contributed by atoms with Crippen molar-refractivity contribution in [3.8, 4) is 11.5 Å². The second-order valence-electron chi connectivity index (χ2n) is 5.89. The number of methoxy groups -OCH3 is 1. The van der Waals surface area contributed by atoms with Crippen molar-refractivity contribution >= 4 is 11.9 Å². The molecule has 6 heteroatoms. The third kappa shape index (κ3) is 5.81. The van der Waals surface area contributed by atoms with Gasteiger partial charge in [-0.05, 0) is 43.2 Å². The average molecular weight is 357 g/mol. The largest absolute Gasteiger partial charge is 0.493 e. The van der Waals surface area contributed by atoms with Crippen LogP contribution in [0.25, 0.3) is 0 Å². The maximum absolute atomic E-state index is 12.0. The number of hydrogen-bond donors (Lipinski definition) is 2. The lowest BCUT2D eigenvalue weighted by molar-refractivity contribution is -0.121. The topological polar surface area (TPSA) is 84.9 Å². The average Bonchev–Trinajstić information content (AvgIpc) is 2.65. The number of hydrogen-bond acceptors (Lipinski definition) is 4. The van der Waals surface area contributed by atoms with E-state index in [4.69, 9.17) is 14.6 Å². The summed E-state index contributed by atoms with van der Waals surface area (Å²) in [4.78, 5) is 22.8. The van der Waals surface area contributed by atoms with Crippen LogP contribution in [0.5, 0.6) is 11.5 Å². The number of amides is 1. The number of rotatable bonds is 9. The molecule has 0 bridgehead atoms. The predicted octanol–water partition coefficient (Wildman–Crippen LogP) is 2.91. The van der Waals surface area contributed by atoms with E-state index in [-0.39, 0.29) is 17.6 Å². The fourth-order valence-corrected chi connectivity index (χ4v) is 2.39. The summed E-state index contributed by atoms with van der Waals surface area (Å²) >= 11 is 0. The number of carboxylic acids is 1. The lowest BCUT2D eigenvalue weighted by atomic mass is 10.1. The van der Waals surface area contributed by atoms with Gasteiger partial charge in [0.15, 0.2) is 11.5 Å². The molecule has 0 aromatic heterocycles. The number of ether oxygens (including phenoxy) is 2. The fraction of sp³-hybridized carbons (Fsp3) is 0.300. The van der Waals surface area contributed by atoms with E-state index in [1.54, 1.807) is 31.4 Å². The highest BCUT2D eigenvalue weighted by Crippen LogP contribution is 2.26. The third-order valence-electron chi connectivity index (χ3n) is 3.83. The molecule has 1 amide bonds. The zero-order valence-electron chi connectivity index (χ0n) is 14.9. The predicted molar refractivity (Wildman–Crippen MR) is 97.8 cm³/mol. The molecule has 2 rings (SSSR count). The Balaban J connectivity index is 1.75. The van der Waals surface area contributed by atoms with Crippen LogP contribution >= 0.6 is 0 Å². The van der Waals surface area contributed by atoms with Crippen molar-refractivity contribution in [1.82, 2.24) is 5.32 Å². The summed E-state index contributed by atoms with van der Waals surface area (Å²) in [6.07, 6.45) is 0.673. The van der Waals surface area contributed by atoms with Gasteiger partial charge in [0.1, 0.15) is 6.10 Å². The number of carbonyl (C=O) groups is 2. The maximum atomic E-state index is 12.0. The third-order valence-corrected chi connectivity index (χ3v) is 3.83. The molecule has 0 aliphatic carbocycles. The number of benzene rings is 2. The van der Waals surface area contributed by atoms with Crippen molar-refractivity contribution in [3.05, 3.63) is 59.7 Å². The highest BCUT2D eigenvalue weighted by atomic mass is 16.5. The van der Waals surface area contributed by atoms with E-state index in [1.807, 2.05) is 31.2 Å². The van der Waals surface area contributed by atoms with Gasteiger partial charge < -0.3 is 19.9 Å². The molecule has 0 aliphatic rings. The Morgan fingerprint density at radius 1 is 1.08 bits per heavy atom. The molecule has 0 spiro atoms. The van der Waals surface area contributed by atoms with Gasteiger partial charge in [-0.2, -0.15) is 0 Å². The van der Waals surface area contributed by atoms with Crippen molar-refractivity contribution in [2.75, 3.05) is 13.7 Å². The van der Waals surface area contributed by atoms with Crippen LogP contribution in [0, 0.1) is 0 Å². The quantitative estimate of drug-likeness (QED) is 0.721. The SMILES string of the molecule is COc1ccccc1OC(C)CNC(=O)CCc1ccc(C(=O)O)cc1. The van der Waals surface area contributed by atoms with Crippen LogP contribution in [0.3, 0.4) is 0 Å². The second kappa shape index (κ2) is 9.46. The zero-order valence-corrected chi connectivity index (χ0v) is 14.9. The van der Waals surface area contributed by atoms with E-state index in [2.05, 4.69) is 5.32 Å². The van der Waals surface area contributed by atoms with Gasteiger partial charge in [-0.1, -0.05) is 24.3 Å². The van der Waals surface area contributed by atoms with Gasteiger partial charge in [-0.15, -0.1) is 0 Å². The molecule has 2 aromatic carbocycles. The highest BCUT2D eigenvalue weighted by Gasteiger charge is 2.10. The van der Waals surface area contributed by atoms with Gasteiger partial charge in [0.25, 0.3) is 0 Å². The van der Waals surface area contributed by atoms with Crippen molar-refractivity contribution in [3.63, 3.8) is 0 Å². The number of aromatic carboxylic acids is 1. The number of nitrogens with one attached hydrogen (secondary N) is 1. The monoisotopic (exact) mass is 357 g/mol. The summed E-state index contributed by atoms with van der Waals surface area (Å²) in [6.45, 7) is 2.26. The van der Waals surface area contributed by atoms with Gasteiger partial charge in [0.2, 0.25) is 5.91 Å². The Kier molecular flexibility index (Phi) is 7.02. The van der Waals surface area contributed by atoms with Gasteiger partial charge in [0.05, 0.1) is 19.2 Å². The van der Waals surface area contributed by atoms with E-state index in [1.165, 1.54) is 0 Å². The summed E-state index contributed by atoms with van der Waals surface area (Å²) in [5.74, 6) is 0.242. The van der Waals surface area contributed by atoms with E-state index >= 15 is 0 Å². The van der Waals surface area contributed by atoms with Crippen molar-refractivity contribution in [2.45, 2.75) is 25.9 Å². The van der Waals surface area contributed by atoms with Crippen LogP contribution < -0.4 is 14.8 Å². The standard InChI is InChI=1S/C20H23NO5/c1-14(26-18-6-4-3-5-17(18)25-2)13-21-19(22)12-9-15-7-10-16(11-8-15)20(23)24/h3-8,10-11,14H,9,12-13H2,1-2H3,(H,21,22)(H,23,24). The molecule has 6 nitrogen and oxygen atoms in total. The van der Waals surface area contributed by atoms with Gasteiger partial charge in [-0.3, -0.25) is 4.79 Å². The number of para-hydroxylation sites is 2. The van der Waals surface area contributed by atoms with Crippen LogP contribution in [-0.4, -0.2) is 36.7 Å². The number of carbonyl (C=O) groups excluding carboxylic acids is 1. The van der Waals surface area contributed by atoms with Crippen LogP contribution in [0.1, 0.15) is 29.3 Å². The summed E-state index contributed by atoms with van der Waals surface area (Å²) < 4.78 is 11.0. The molecule has 26 heavy (non-hydrogen) atoms. The minimum absolute atomic E-state index is 0.0808. The molecule has 0 radical (unpaired) electrons. The van der Waals surface area contributed by atoms with E-state index in [0.717, 1.165) is 5.56 Å². The molecule has 138 valence electrons. The van der Waals surface area contributed by atoms with Crippen molar-refractivity contribution in [2.24, 2.45) is 0 Å². The molecule has 1 atom stereocenters. The Labute approximate surface area is 152 Å². The maximum Gasteiger partial charge on any atom is 0.335 e. The molecule has 0 heterocycles. The zero-order chi connectivity index (χ0) is 18.9. The lowest BCUT2D eigenvalue weighted by Gasteiger charge is -2.17. The smallest absolute Gasteiger partial charge is 0.335 e. The second-order valence-corrected chi connectivity index (χ2v) is 5.89. The summed E-state index contributed by atoms with van der Waals surface area (Å²) in [6, 6.07) is 13.9. The van der Waals surface area contributed by atoms with E-state index < -0.39 is 5.97 Å². The summed E-state index contributed by atoms with van der Waals surface area (Å²) in [5.41, 5.74) is 1.16. The first kappa shape index (κ1) is 19.3. The lowest BCUT2D eigenvalue weighted by Crippen LogP contribution is -2.33. The number of carboxylic acid groups (broad SMARTS) is 1. The minimum Gasteiger partial charge on any atom is -0.493 e. The Bertz CT molecular complexity index is 742.